The number of nitrogens with zero attached hydrogens (tertiary/aromatic N) is 13. The smallest absolute Gasteiger partial charge is 0.309 e. The Bertz CT molecular complexity index is 5930. The van der Waals surface area contributed by atoms with Crippen LogP contribution in [0.4, 0.5) is 13.2 Å². The second-order valence-electron chi connectivity index (χ2n) is 23.7. The Morgan fingerprint density at radius 3 is 0.860 bits per heavy atom. The van der Waals surface area contributed by atoms with Crippen LogP contribution in [0, 0.1) is 90.6 Å². The van der Waals surface area contributed by atoms with Crippen LogP contribution < -0.4 is 0 Å². The molecule has 0 fully saturated rings. The Morgan fingerprint density at radius 1 is 0.250 bits per heavy atom. The van der Waals surface area contributed by atoms with Crippen molar-refractivity contribution < 1.29 is 13.2 Å². The molecule has 0 atom stereocenters. The minimum Gasteiger partial charge on any atom is -0.309 e. The van der Waals surface area contributed by atoms with E-state index in [1.165, 1.54) is 36.4 Å². The number of fused-ring (bicyclic) bond motifs is 6. The zero-order chi connectivity index (χ0) is 68.9. The van der Waals surface area contributed by atoms with E-state index in [0.717, 1.165) is 0 Å². The number of hydrogen-bond donors (Lipinski definition) is 0. The minimum absolute atomic E-state index is 0.132. The van der Waals surface area contributed by atoms with Gasteiger partial charge in [-0.3, -0.25) is 0 Å². The fourth-order valence-corrected chi connectivity index (χ4v) is 13.2. The van der Waals surface area contributed by atoms with Crippen molar-refractivity contribution in [3.05, 3.63) is 293 Å². The van der Waals surface area contributed by atoms with E-state index in [2.05, 4.69) is 48.6 Å². The summed E-state index contributed by atoms with van der Waals surface area (Å²) < 4.78 is 55.6. The number of aromatic nitrogens is 5. The lowest BCUT2D eigenvalue weighted by molar-refractivity contribution is -0.136. The van der Waals surface area contributed by atoms with Gasteiger partial charge in [-0.25, -0.2) is 15.0 Å². The van der Waals surface area contributed by atoms with Gasteiger partial charge < -0.3 is 9.13 Å². The topological polar surface area (TPSA) is 239 Å². The van der Waals surface area contributed by atoms with E-state index >= 15 is 13.2 Å². The molecule has 0 saturated heterocycles. The molecule has 0 saturated carbocycles. The number of rotatable bonds is 10. The normalized spacial score (nSPS) is 11.1. The molecule has 462 valence electrons. The maximum absolute atomic E-state index is 17.4. The lowest BCUT2D eigenvalue weighted by Gasteiger charge is -2.22. The summed E-state index contributed by atoms with van der Waals surface area (Å²) in [6.45, 7) is 0. The fraction of sp³-hybridized carbons (Fsp3) is 0.0119. The first-order valence-corrected chi connectivity index (χ1v) is 31.0. The van der Waals surface area contributed by atoms with Gasteiger partial charge in [-0.15, -0.1) is 0 Å². The van der Waals surface area contributed by atoms with Crippen molar-refractivity contribution in [2.24, 2.45) is 0 Å². The van der Waals surface area contributed by atoms with Gasteiger partial charge in [0.05, 0.1) is 132 Å². The van der Waals surface area contributed by atoms with Crippen molar-refractivity contribution >= 4 is 43.6 Å². The van der Waals surface area contributed by atoms with Crippen LogP contribution in [0.2, 0.25) is 0 Å². The fourth-order valence-electron chi connectivity index (χ4n) is 13.2. The first-order valence-electron chi connectivity index (χ1n) is 31.0. The Labute approximate surface area is 568 Å². The van der Waals surface area contributed by atoms with Crippen LogP contribution in [-0.4, -0.2) is 24.1 Å². The van der Waals surface area contributed by atoms with E-state index in [4.69, 9.17) is 15.0 Å². The van der Waals surface area contributed by atoms with Crippen LogP contribution in [-0.2, 0) is 6.18 Å². The van der Waals surface area contributed by atoms with Gasteiger partial charge in [0.25, 0.3) is 0 Å². The van der Waals surface area contributed by atoms with E-state index < -0.39 is 11.7 Å². The van der Waals surface area contributed by atoms with Crippen LogP contribution in [0.5, 0.6) is 0 Å². The van der Waals surface area contributed by atoms with Gasteiger partial charge in [-0.05, 0) is 184 Å². The zero-order valence-electron chi connectivity index (χ0n) is 52.0. The number of nitriles is 8. The summed E-state index contributed by atoms with van der Waals surface area (Å²) in [6.07, 6.45) is -5.09. The van der Waals surface area contributed by atoms with Crippen LogP contribution in [0.15, 0.2) is 243 Å². The van der Waals surface area contributed by atoms with Gasteiger partial charge in [-0.1, -0.05) is 109 Å². The number of benzene rings is 12. The van der Waals surface area contributed by atoms with Crippen molar-refractivity contribution in [3.63, 3.8) is 0 Å². The van der Waals surface area contributed by atoms with Crippen LogP contribution in [0.1, 0.15) is 50.1 Å². The van der Waals surface area contributed by atoms with Crippen molar-refractivity contribution in [2.75, 3.05) is 0 Å². The summed E-state index contributed by atoms with van der Waals surface area (Å²) in [5.74, 6) is 0.895. The first-order chi connectivity index (χ1) is 48.7. The molecule has 0 amide bonds. The van der Waals surface area contributed by atoms with Crippen molar-refractivity contribution in [3.8, 4) is 150 Å². The molecule has 0 aliphatic rings. The molecule has 0 bridgehead atoms. The summed E-state index contributed by atoms with van der Waals surface area (Å²) in [4.78, 5) is 15.1. The third kappa shape index (κ3) is 10.9. The van der Waals surface area contributed by atoms with Gasteiger partial charge in [-0.2, -0.15) is 55.3 Å². The monoisotopic (exact) mass is 1290 g/mol. The quantitative estimate of drug-likeness (QED) is 0.125. The molecule has 15 aromatic rings. The van der Waals surface area contributed by atoms with Gasteiger partial charge in [0.2, 0.25) is 0 Å². The largest absolute Gasteiger partial charge is 0.419 e. The first kappa shape index (κ1) is 61.2. The Morgan fingerprint density at radius 2 is 0.550 bits per heavy atom. The molecule has 15 rings (SSSR count). The molecular formula is C84H40F3N13. The number of alkyl halides is 3. The van der Waals surface area contributed by atoms with E-state index in [0.29, 0.717) is 116 Å². The van der Waals surface area contributed by atoms with Gasteiger partial charge in [0.1, 0.15) is 0 Å². The molecule has 0 aliphatic carbocycles. The molecule has 0 radical (unpaired) electrons. The standard InChI is InChI=1S/C84H40F3N13/c85-84(86,87)80-69(12-7-13-78(80)99-74-20-15-59(64-28-49(41-88)24-50(29-64)42-89)36-70(74)71-37-60(16-21-75(71)99)65-30-51(43-90)25-52(31-65)44-91)68-19-14-63(83-97-81(57-8-3-1-4-9-57)96-82(98-83)58-10-5-2-6-11-58)40-79(68)100-76-22-17-61(66-32-53(45-92)26-54(33-66)46-93)38-72(76)73-39-62(18-23-77(73)100)67-34-55(47-94)27-56(35-67)48-95/h1-40H. The minimum atomic E-state index is -5.09. The molecule has 3 aromatic heterocycles. The maximum atomic E-state index is 17.4. The second kappa shape index (κ2) is 24.7. The zero-order valence-corrected chi connectivity index (χ0v) is 52.0. The molecule has 13 nitrogen and oxygen atoms in total. The molecule has 0 spiro atoms. The third-order valence-electron chi connectivity index (χ3n) is 17.7. The van der Waals surface area contributed by atoms with Crippen molar-refractivity contribution in [1.82, 2.24) is 24.1 Å². The molecule has 0 aliphatic heterocycles. The number of hydrogen-bond acceptors (Lipinski definition) is 11. The summed E-state index contributed by atoms with van der Waals surface area (Å²) >= 11 is 0. The van der Waals surface area contributed by atoms with Gasteiger partial charge >= 0.3 is 6.18 Å². The Balaban J connectivity index is 1.04. The van der Waals surface area contributed by atoms with E-state index in [9.17, 15) is 42.1 Å². The highest BCUT2D eigenvalue weighted by Gasteiger charge is 2.39. The average molecular weight is 1290 g/mol. The van der Waals surface area contributed by atoms with Gasteiger partial charge in [0, 0.05) is 43.8 Å². The van der Waals surface area contributed by atoms with Gasteiger partial charge in [0.15, 0.2) is 17.5 Å². The maximum Gasteiger partial charge on any atom is 0.419 e. The predicted octanol–water partition coefficient (Wildman–Crippen LogP) is 19.4. The summed E-state index contributed by atoms with van der Waals surface area (Å²) in [7, 11) is 0. The predicted molar refractivity (Wildman–Crippen MR) is 375 cm³/mol. The molecule has 0 unspecified atom stereocenters. The molecule has 12 aromatic carbocycles. The van der Waals surface area contributed by atoms with Crippen LogP contribution >= 0.6 is 0 Å². The number of halogens is 3. The second-order valence-corrected chi connectivity index (χ2v) is 23.7. The van der Waals surface area contributed by atoms with E-state index in [1.807, 2.05) is 114 Å². The molecule has 3 heterocycles. The Kier molecular flexibility index (Phi) is 15.1. The van der Waals surface area contributed by atoms with Crippen molar-refractivity contribution in [1.29, 1.82) is 42.1 Å². The highest BCUT2D eigenvalue weighted by molar-refractivity contribution is 6.14. The Hall–Kier alpha value is -15.0. The van der Waals surface area contributed by atoms with E-state index in [1.54, 1.807) is 102 Å². The molecular weight excluding hydrogens is 1250 g/mol. The summed E-state index contributed by atoms with van der Waals surface area (Å²) in [6, 6.07) is 86.2. The molecule has 16 heteroatoms. The van der Waals surface area contributed by atoms with Crippen LogP contribution in [0.3, 0.4) is 0 Å². The van der Waals surface area contributed by atoms with Crippen LogP contribution in [0.25, 0.3) is 145 Å². The average Bonchev–Trinajstić information content (AvgIpc) is 1.54. The lowest BCUT2D eigenvalue weighted by Crippen LogP contribution is -2.13. The van der Waals surface area contributed by atoms with Crippen molar-refractivity contribution in [2.45, 2.75) is 6.18 Å². The highest BCUT2D eigenvalue weighted by Crippen LogP contribution is 2.49. The molecule has 100 heavy (non-hydrogen) atoms. The highest BCUT2D eigenvalue weighted by atomic mass is 19.4. The SMILES string of the molecule is N#Cc1cc(C#N)cc(-c2ccc3c(c2)c2cc(-c4cc(C#N)cc(C#N)c4)ccc2n3-c2cc(-c3nc(-c4ccccc4)nc(-c4ccccc4)n3)ccc2-c2cccc(-n3c4ccc(-c5cc(C#N)cc(C#N)c5)cc4c4cc(-c5cc(C#N)cc(C#N)c5)ccc43)c2C(F)(F)F)c1. The third-order valence-corrected chi connectivity index (χ3v) is 17.7. The summed E-state index contributed by atoms with van der Waals surface area (Å²) in [5, 5.41) is 82.9. The molecule has 0 N–H and O–H groups in total. The summed E-state index contributed by atoms with van der Waals surface area (Å²) in [5.41, 5.74) is 9.00. The van der Waals surface area contributed by atoms with E-state index in [-0.39, 0.29) is 72.8 Å². The lowest BCUT2D eigenvalue weighted by atomic mass is 9.94.